The third-order valence-corrected chi connectivity index (χ3v) is 4.01. The molecule has 0 aromatic carbocycles. The lowest BCUT2D eigenvalue weighted by Crippen LogP contribution is -2.34. The van der Waals surface area contributed by atoms with E-state index in [9.17, 15) is 9.59 Å². The number of fused-ring (bicyclic) bond motifs is 1. The number of imidazole rings is 1. The molecule has 1 amide bonds. The molecule has 1 aromatic rings. The minimum absolute atomic E-state index is 0.00465. The van der Waals surface area contributed by atoms with Crippen LogP contribution in [0.25, 0.3) is 6.08 Å². The number of carbonyl (C=O) groups excluding carboxylic acids is 1. The number of rotatable bonds is 4. The van der Waals surface area contributed by atoms with Gasteiger partial charge in [0.25, 0.3) is 0 Å². The van der Waals surface area contributed by atoms with Crippen LogP contribution in [0.5, 0.6) is 0 Å². The highest BCUT2D eigenvalue weighted by Gasteiger charge is 2.57. The highest BCUT2D eigenvalue weighted by atomic mass is 16.4. The van der Waals surface area contributed by atoms with Gasteiger partial charge >= 0.3 is 5.97 Å². The van der Waals surface area contributed by atoms with Gasteiger partial charge in [0.2, 0.25) is 5.91 Å². The fourth-order valence-electron chi connectivity index (χ4n) is 2.99. The molecule has 0 aliphatic heterocycles. The van der Waals surface area contributed by atoms with Crippen molar-refractivity contribution in [3.63, 3.8) is 0 Å². The Kier molecular flexibility index (Phi) is 2.85. The number of nitrogens with one attached hydrogen (secondary N) is 2. The lowest BCUT2D eigenvalue weighted by atomic mass is 10.0. The van der Waals surface area contributed by atoms with Crippen molar-refractivity contribution in [1.29, 1.82) is 0 Å². The molecule has 100 valence electrons. The second kappa shape index (κ2) is 4.53. The van der Waals surface area contributed by atoms with Crippen LogP contribution in [0.3, 0.4) is 0 Å². The van der Waals surface area contributed by atoms with Gasteiger partial charge < -0.3 is 15.4 Å². The van der Waals surface area contributed by atoms with Gasteiger partial charge in [-0.25, -0.2) is 4.98 Å². The molecule has 3 N–H and O–H groups in total. The Labute approximate surface area is 109 Å². The molecule has 1 aromatic heterocycles. The van der Waals surface area contributed by atoms with E-state index in [1.165, 1.54) is 6.08 Å². The molecule has 0 spiro atoms. The van der Waals surface area contributed by atoms with Crippen LogP contribution in [-0.4, -0.2) is 33.0 Å². The van der Waals surface area contributed by atoms with Gasteiger partial charge in [-0.05, 0) is 30.8 Å². The molecule has 0 bridgehead atoms. The van der Waals surface area contributed by atoms with E-state index >= 15 is 0 Å². The molecular weight excluding hydrogens is 246 g/mol. The summed E-state index contributed by atoms with van der Waals surface area (Å²) < 4.78 is 0. The number of hydrogen-bond donors (Lipinski definition) is 3. The molecule has 2 aliphatic carbocycles. The summed E-state index contributed by atoms with van der Waals surface area (Å²) in [4.78, 5) is 29.5. The Balaban J connectivity index is 1.55. The molecular formula is C13H15N3O3. The Morgan fingerprint density at radius 3 is 2.89 bits per heavy atom. The van der Waals surface area contributed by atoms with Crippen molar-refractivity contribution in [2.45, 2.75) is 18.9 Å². The number of nitrogens with zero attached hydrogens (tertiary/aromatic N) is 1. The monoisotopic (exact) mass is 261 g/mol. The van der Waals surface area contributed by atoms with Gasteiger partial charge in [-0.15, -0.1) is 0 Å². The van der Waals surface area contributed by atoms with Gasteiger partial charge in [-0.3, -0.25) is 9.59 Å². The molecule has 3 rings (SSSR count). The molecule has 0 radical (unpaired) electrons. The van der Waals surface area contributed by atoms with E-state index in [1.54, 1.807) is 18.6 Å². The fourth-order valence-corrected chi connectivity index (χ4v) is 2.99. The van der Waals surface area contributed by atoms with Crippen molar-refractivity contribution in [1.82, 2.24) is 15.3 Å². The maximum absolute atomic E-state index is 11.8. The average Bonchev–Trinajstić information content (AvgIpc) is 2.84. The summed E-state index contributed by atoms with van der Waals surface area (Å²) in [6, 6.07) is 0.00465. The summed E-state index contributed by atoms with van der Waals surface area (Å²) in [5, 5.41) is 11.9. The third-order valence-electron chi connectivity index (χ3n) is 4.01. The molecule has 2 saturated carbocycles. The van der Waals surface area contributed by atoms with E-state index in [0.717, 1.165) is 12.1 Å². The first kappa shape index (κ1) is 12.0. The summed E-state index contributed by atoms with van der Waals surface area (Å²) in [6.07, 6.45) is 7.73. The van der Waals surface area contributed by atoms with E-state index in [-0.39, 0.29) is 23.8 Å². The summed E-state index contributed by atoms with van der Waals surface area (Å²) in [7, 11) is 0. The largest absolute Gasteiger partial charge is 0.481 e. The lowest BCUT2D eigenvalue weighted by molar-refractivity contribution is -0.142. The summed E-state index contributed by atoms with van der Waals surface area (Å²) in [6.45, 7) is 0. The molecule has 0 unspecified atom stereocenters. The minimum Gasteiger partial charge on any atom is -0.481 e. The molecule has 19 heavy (non-hydrogen) atoms. The van der Waals surface area contributed by atoms with Crippen LogP contribution < -0.4 is 5.32 Å². The van der Waals surface area contributed by atoms with Crippen LogP contribution >= 0.6 is 0 Å². The number of carboxylic acid groups (broad SMARTS) is 1. The van der Waals surface area contributed by atoms with Crippen LogP contribution in [0.2, 0.25) is 0 Å². The molecule has 4 atom stereocenters. The van der Waals surface area contributed by atoms with Gasteiger partial charge in [0.1, 0.15) is 0 Å². The first-order valence-corrected chi connectivity index (χ1v) is 6.35. The highest BCUT2D eigenvalue weighted by Crippen LogP contribution is 2.55. The predicted molar refractivity (Wildman–Crippen MR) is 66.9 cm³/mol. The molecule has 6 nitrogen and oxygen atoms in total. The van der Waals surface area contributed by atoms with Crippen molar-refractivity contribution < 1.29 is 14.7 Å². The van der Waals surface area contributed by atoms with E-state index < -0.39 is 5.97 Å². The first-order chi connectivity index (χ1) is 9.15. The number of amides is 1. The van der Waals surface area contributed by atoms with Crippen LogP contribution in [0.15, 0.2) is 18.6 Å². The third kappa shape index (κ3) is 2.38. The SMILES string of the molecule is O=C(/C=C/c1cnc[nH]1)N[C@H]1C[C@@H](C(=O)O)[C@@H]2C[C@@H]21. The van der Waals surface area contributed by atoms with Crippen molar-refractivity contribution in [3.8, 4) is 0 Å². The summed E-state index contributed by atoms with van der Waals surface area (Å²) in [5.74, 6) is -0.592. The van der Waals surface area contributed by atoms with Crippen molar-refractivity contribution in [2.75, 3.05) is 0 Å². The average molecular weight is 261 g/mol. The first-order valence-electron chi connectivity index (χ1n) is 6.35. The van der Waals surface area contributed by atoms with Crippen molar-refractivity contribution >= 4 is 18.0 Å². The molecule has 6 heteroatoms. The zero-order valence-corrected chi connectivity index (χ0v) is 10.2. The smallest absolute Gasteiger partial charge is 0.306 e. The molecule has 0 saturated heterocycles. The van der Waals surface area contributed by atoms with Gasteiger partial charge in [0.15, 0.2) is 0 Å². The summed E-state index contributed by atoms with van der Waals surface area (Å²) >= 11 is 0. The lowest BCUT2D eigenvalue weighted by Gasteiger charge is -2.14. The Bertz CT molecular complexity index is 523. The van der Waals surface area contributed by atoms with Gasteiger partial charge in [-0.2, -0.15) is 0 Å². The fraction of sp³-hybridized carbons (Fsp3) is 0.462. The molecule has 2 fully saturated rings. The number of carbonyl (C=O) groups is 2. The molecule has 2 aliphatic rings. The summed E-state index contributed by atoms with van der Waals surface area (Å²) in [5.41, 5.74) is 0.759. The number of hydrogen-bond acceptors (Lipinski definition) is 3. The van der Waals surface area contributed by atoms with Crippen LogP contribution in [0.1, 0.15) is 18.5 Å². The van der Waals surface area contributed by atoms with Gasteiger partial charge in [0.05, 0.1) is 24.1 Å². The van der Waals surface area contributed by atoms with Crippen LogP contribution in [0.4, 0.5) is 0 Å². The normalized spacial score (nSPS) is 32.2. The molecule has 1 heterocycles. The second-order valence-corrected chi connectivity index (χ2v) is 5.20. The zero-order chi connectivity index (χ0) is 13.4. The maximum Gasteiger partial charge on any atom is 0.306 e. The quantitative estimate of drug-likeness (QED) is 0.693. The van der Waals surface area contributed by atoms with Crippen molar-refractivity contribution in [3.05, 3.63) is 24.3 Å². The number of aromatic nitrogens is 2. The van der Waals surface area contributed by atoms with Crippen LogP contribution in [0, 0.1) is 17.8 Å². The number of aromatic amines is 1. The predicted octanol–water partition coefficient (Wildman–Crippen LogP) is 0.648. The standard InChI is InChI=1S/C13H15N3O3/c17-12(2-1-7-5-14-6-15-7)16-11-4-10(13(18)19)8-3-9(8)11/h1-2,5-6,8-11H,3-4H2,(H,14,15)(H,16,17)(H,18,19)/b2-1+/t8-,9+,10-,11+/m1/s1. The second-order valence-electron chi connectivity index (χ2n) is 5.20. The van der Waals surface area contributed by atoms with E-state index in [0.29, 0.717) is 12.3 Å². The Morgan fingerprint density at radius 2 is 2.26 bits per heavy atom. The van der Waals surface area contributed by atoms with Crippen molar-refractivity contribution in [2.24, 2.45) is 17.8 Å². The van der Waals surface area contributed by atoms with E-state index in [1.807, 2.05) is 0 Å². The Morgan fingerprint density at radius 1 is 1.42 bits per heavy atom. The maximum atomic E-state index is 11.8. The van der Waals surface area contributed by atoms with E-state index in [4.69, 9.17) is 5.11 Å². The number of aliphatic carboxylic acids is 1. The Hall–Kier alpha value is -2.11. The van der Waals surface area contributed by atoms with Crippen LogP contribution in [-0.2, 0) is 9.59 Å². The van der Waals surface area contributed by atoms with Gasteiger partial charge in [-0.1, -0.05) is 0 Å². The zero-order valence-electron chi connectivity index (χ0n) is 10.2. The van der Waals surface area contributed by atoms with E-state index in [2.05, 4.69) is 15.3 Å². The topological polar surface area (TPSA) is 95.1 Å². The number of carboxylic acids is 1. The number of H-pyrrole nitrogens is 1. The highest BCUT2D eigenvalue weighted by molar-refractivity contribution is 5.91. The van der Waals surface area contributed by atoms with Gasteiger partial charge in [0, 0.05) is 12.1 Å². The minimum atomic E-state index is -0.739.